The molecule has 1 aromatic carbocycles. The highest BCUT2D eigenvalue weighted by molar-refractivity contribution is 7.80. The van der Waals surface area contributed by atoms with Crippen LogP contribution in [0.4, 0.5) is 10.1 Å². The van der Waals surface area contributed by atoms with Crippen LogP contribution in [0, 0.1) is 5.82 Å². The molecule has 0 radical (unpaired) electrons. The number of hydrogen-bond donors (Lipinski definition) is 2. The lowest BCUT2D eigenvalue weighted by Gasteiger charge is -2.29. The highest BCUT2D eigenvalue weighted by Crippen LogP contribution is 2.22. The highest BCUT2D eigenvalue weighted by Gasteiger charge is 2.20. The van der Waals surface area contributed by atoms with Gasteiger partial charge in [0.25, 0.3) is 5.91 Å². The van der Waals surface area contributed by atoms with Gasteiger partial charge in [-0.15, -0.1) is 0 Å². The van der Waals surface area contributed by atoms with Gasteiger partial charge >= 0.3 is 0 Å². The van der Waals surface area contributed by atoms with E-state index in [2.05, 4.69) is 10.6 Å². The van der Waals surface area contributed by atoms with Crippen LogP contribution in [0.3, 0.4) is 0 Å². The lowest BCUT2D eigenvalue weighted by Crippen LogP contribution is -2.36. The third-order valence-electron chi connectivity index (χ3n) is 3.35. The first kappa shape index (κ1) is 14.0. The molecule has 0 aromatic heterocycles. The summed E-state index contributed by atoms with van der Waals surface area (Å²) >= 11 is 4.84. The van der Waals surface area contributed by atoms with Gasteiger partial charge < -0.3 is 15.0 Å². The SMILES string of the molecule is O=C1NC(=S)N/C1=C/c1ccc(N2CCOCC2)c(F)c1. The van der Waals surface area contributed by atoms with Crippen molar-refractivity contribution < 1.29 is 13.9 Å². The Balaban J connectivity index is 1.82. The Kier molecular flexibility index (Phi) is 3.85. The number of rotatable bonds is 2. The van der Waals surface area contributed by atoms with E-state index in [1.807, 2.05) is 4.90 Å². The van der Waals surface area contributed by atoms with E-state index >= 15 is 0 Å². The molecule has 5 nitrogen and oxygen atoms in total. The molecule has 21 heavy (non-hydrogen) atoms. The fourth-order valence-electron chi connectivity index (χ4n) is 2.32. The first-order valence-corrected chi connectivity index (χ1v) is 7.00. The normalized spacial score (nSPS) is 20.6. The van der Waals surface area contributed by atoms with Gasteiger partial charge in [-0.05, 0) is 36.0 Å². The Morgan fingerprint density at radius 1 is 1.29 bits per heavy atom. The fraction of sp³-hybridized carbons (Fsp3) is 0.286. The number of thiocarbonyl (C=S) groups is 1. The minimum Gasteiger partial charge on any atom is -0.378 e. The van der Waals surface area contributed by atoms with Gasteiger partial charge in [-0.3, -0.25) is 10.1 Å². The molecule has 2 N–H and O–H groups in total. The van der Waals surface area contributed by atoms with Gasteiger partial charge in [0.2, 0.25) is 0 Å². The summed E-state index contributed by atoms with van der Waals surface area (Å²) in [6.45, 7) is 2.56. The van der Waals surface area contributed by atoms with E-state index < -0.39 is 0 Å². The lowest BCUT2D eigenvalue weighted by molar-refractivity contribution is -0.115. The van der Waals surface area contributed by atoms with Crippen molar-refractivity contribution in [2.45, 2.75) is 0 Å². The number of anilines is 1. The number of benzene rings is 1. The van der Waals surface area contributed by atoms with E-state index in [4.69, 9.17) is 17.0 Å². The molecular weight excluding hydrogens is 293 g/mol. The number of nitrogens with one attached hydrogen (secondary N) is 2. The fourth-order valence-corrected chi connectivity index (χ4v) is 2.53. The molecule has 3 rings (SSSR count). The summed E-state index contributed by atoms with van der Waals surface area (Å²) in [5.41, 5.74) is 1.48. The molecule has 0 bridgehead atoms. The van der Waals surface area contributed by atoms with Crippen LogP contribution >= 0.6 is 12.2 Å². The lowest BCUT2D eigenvalue weighted by atomic mass is 10.1. The summed E-state index contributed by atoms with van der Waals surface area (Å²) in [6.07, 6.45) is 1.57. The Hall–Kier alpha value is -1.99. The van der Waals surface area contributed by atoms with E-state index in [9.17, 15) is 9.18 Å². The second-order valence-corrected chi connectivity index (χ2v) is 5.18. The van der Waals surface area contributed by atoms with Gasteiger partial charge in [0.05, 0.1) is 18.9 Å². The zero-order valence-corrected chi connectivity index (χ0v) is 12.0. The van der Waals surface area contributed by atoms with Crippen molar-refractivity contribution in [2.24, 2.45) is 0 Å². The maximum absolute atomic E-state index is 14.2. The second-order valence-electron chi connectivity index (χ2n) is 4.78. The van der Waals surface area contributed by atoms with Crippen LogP contribution in [0.25, 0.3) is 6.08 Å². The number of nitrogens with zero attached hydrogens (tertiary/aromatic N) is 1. The molecule has 0 spiro atoms. The second kappa shape index (κ2) is 5.79. The Morgan fingerprint density at radius 3 is 2.67 bits per heavy atom. The molecule has 0 aliphatic carbocycles. The van der Waals surface area contributed by atoms with Crippen molar-refractivity contribution in [1.82, 2.24) is 10.6 Å². The van der Waals surface area contributed by atoms with Crippen molar-refractivity contribution in [3.8, 4) is 0 Å². The van der Waals surface area contributed by atoms with Crippen LogP contribution in [0.5, 0.6) is 0 Å². The first-order valence-electron chi connectivity index (χ1n) is 6.60. The van der Waals surface area contributed by atoms with Crippen LogP contribution in [0.2, 0.25) is 0 Å². The Labute approximate surface area is 126 Å². The van der Waals surface area contributed by atoms with Crippen molar-refractivity contribution in [3.05, 3.63) is 35.3 Å². The average Bonchev–Trinajstić information content (AvgIpc) is 2.78. The zero-order chi connectivity index (χ0) is 14.8. The monoisotopic (exact) mass is 307 g/mol. The van der Waals surface area contributed by atoms with E-state index in [1.54, 1.807) is 18.2 Å². The topological polar surface area (TPSA) is 53.6 Å². The zero-order valence-electron chi connectivity index (χ0n) is 11.2. The average molecular weight is 307 g/mol. The van der Waals surface area contributed by atoms with Gasteiger partial charge in [0.15, 0.2) is 5.11 Å². The molecule has 2 heterocycles. The molecule has 0 saturated carbocycles. The number of carbonyl (C=O) groups is 1. The van der Waals surface area contributed by atoms with Crippen molar-refractivity contribution in [3.63, 3.8) is 0 Å². The van der Waals surface area contributed by atoms with Gasteiger partial charge in [0, 0.05) is 13.1 Å². The van der Waals surface area contributed by atoms with E-state index in [0.717, 1.165) is 0 Å². The molecule has 2 saturated heterocycles. The molecule has 0 unspecified atom stereocenters. The summed E-state index contributed by atoms with van der Waals surface area (Å²) in [7, 11) is 0. The summed E-state index contributed by atoms with van der Waals surface area (Å²) in [4.78, 5) is 13.5. The highest BCUT2D eigenvalue weighted by atomic mass is 32.1. The maximum atomic E-state index is 14.2. The molecular formula is C14H14FN3O2S. The van der Waals surface area contributed by atoms with Gasteiger partial charge in [-0.2, -0.15) is 0 Å². The third-order valence-corrected chi connectivity index (χ3v) is 3.56. The van der Waals surface area contributed by atoms with Crippen LogP contribution in [0.1, 0.15) is 5.56 Å². The first-order chi connectivity index (χ1) is 10.1. The molecule has 2 aliphatic rings. The smallest absolute Gasteiger partial charge is 0.273 e. The summed E-state index contributed by atoms with van der Waals surface area (Å²) in [5, 5.41) is 5.45. The predicted octanol–water partition coefficient (Wildman–Crippen LogP) is 1.01. The number of carbonyl (C=O) groups excluding carboxylic acids is 1. The van der Waals surface area contributed by atoms with Crippen molar-refractivity contribution >= 4 is 35.0 Å². The molecule has 0 atom stereocenters. The minimum absolute atomic E-state index is 0.261. The number of hydrogen-bond acceptors (Lipinski definition) is 4. The molecule has 1 aromatic rings. The molecule has 2 aliphatic heterocycles. The number of amides is 1. The molecule has 110 valence electrons. The number of morpholine rings is 1. The van der Waals surface area contributed by atoms with E-state index in [0.29, 0.717) is 43.3 Å². The van der Waals surface area contributed by atoms with Gasteiger partial charge in [-0.25, -0.2) is 4.39 Å². The van der Waals surface area contributed by atoms with Crippen molar-refractivity contribution in [1.29, 1.82) is 0 Å². The minimum atomic E-state index is -0.313. The largest absolute Gasteiger partial charge is 0.378 e. The van der Waals surface area contributed by atoms with Crippen molar-refractivity contribution in [2.75, 3.05) is 31.2 Å². The summed E-state index contributed by atoms with van der Waals surface area (Å²) in [6, 6.07) is 4.91. The molecule has 2 fully saturated rings. The number of ether oxygens (including phenoxy) is 1. The standard InChI is InChI=1S/C14H14FN3O2S/c15-10-7-9(8-11-13(19)17-14(21)16-11)1-2-12(10)18-3-5-20-6-4-18/h1-2,7-8H,3-6H2,(H2,16,17,19,21)/b11-8+. The maximum Gasteiger partial charge on any atom is 0.273 e. The van der Waals surface area contributed by atoms with Crippen LogP contribution in [-0.4, -0.2) is 37.3 Å². The van der Waals surface area contributed by atoms with Gasteiger partial charge in [0.1, 0.15) is 11.5 Å². The molecule has 1 amide bonds. The predicted molar refractivity (Wildman–Crippen MR) is 81.3 cm³/mol. The quantitative estimate of drug-likeness (QED) is 0.631. The molecule has 7 heteroatoms. The summed E-state index contributed by atoms with van der Waals surface area (Å²) in [5.74, 6) is -0.620. The summed E-state index contributed by atoms with van der Waals surface area (Å²) < 4.78 is 19.5. The van der Waals surface area contributed by atoms with E-state index in [1.165, 1.54) is 6.07 Å². The Morgan fingerprint density at radius 2 is 2.05 bits per heavy atom. The van der Waals surface area contributed by atoms with Crippen LogP contribution in [-0.2, 0) is 9.53 Å². The Bertz CT molecular complexity index is 627. The number of halogens is 1. The van der Waals surface area contributed by atoms with E-state index in [-0.39, 0.29) is 16.8 Å². The third kappa shape index (κ3) is 3.03. The van der Waals surface area contributed by atoms with Crippen LogP contribution < -0.4 is 15.5 Å². The van der Waals surface area contributed by atoms with Crippen LogP contribution in [0.15, 0.2) is 23.9 Å². The van der Waals surface area contributed by atoms with Gasteiger partial charge in [-0.1, -0.05) is 6.07 Å².